The summed E-state index contributed by atoms with van der Waals surface area (Å²) < 4.78 is 1.01. The lowest BCUT2D eigenvalue weighted by Gasteiger charge is -2.03. The van der Waals surface area contributed by atoms with Gasteiger partial charge in [0.15, 0.2) is 4.34 Å². The molecule has 0 amide bonds. The fourth-order valence-electron chi connectivity index (χ4n) is 0.742. The Labute approximate surface area is 86.7 Å². The maximum atomic E-state index is 3.96. The number of hydrogen-bond acceptors (Lipinski definition) is 5. The van der Waals surface area contributed by atoms with Crippen LogP contribution in [0.15, 0.2) is 22.0 Å². The molecule has 0 aliphatic rings. The van der Waals surface area contributed by atoms with Gasteiger partial charge in [0, 0.05) is 12.3 Å². The molecule has 72 valence electrons. The van der Waals surface area contributed by atoms with Crippen LogP contribution in [-0.2, 0) is 0 Å². The molecule has 0 bridgehead atoms. The third-order valence-corrected chi connectivity index (χ3v) is 3.37. The molecule has 0 radical (unpaired) electrons. The van der Waals surface area contributed by atoms with Crippen LogP contribution in [0.4, 0.5) is 0 Å². The standard InChI is InChI=1S/C8H13N3S2/c1-3-9-4-7(2)5-12-8-11-10-6-13-8/h6,9H,2-5H2,1H3. The molecule has 1 aromatic rings. The van der Waals surface area contributed by atoms with Crippen LogP contribution in [0.3, 0.4) is 0 Å². The largest absolute Gasteiger partial charge is 0.313 e. The molecule has 0 saturated heterocycles. The van der Waals surface area contributed by atoms with E-state index in [1.807, 2.05) is 0 Å². The van der Waals surface area contributed by atoms with Gasteiger partial charge in [-0.1, -0.05) is 42.2 Å². The maximum absolute atomic E-state index is 3.96. The van der Waals surface area contributed by atoms with E-state index < -0.39 is 0 Å². The van der Waals surface area contributed by atoms with Crippen molar-refractivity contribution in [2.45, 2.75) is 11.3 Å². The number of thioether (sulfide) groups is 1. The van der Waals surface area contributed by atoms with Gasteiger partial charge in [0.1, 0.15) is 5.51 Å². The van der Waals surface area contributed by atoms with Crippen LogP contribution in [0.2, 0.25) is 0 Å². The first-order chi connectivity index (χ1) is 6.33. The molecule has 0 saturated carbocycles. The molecule has 5 heteroatoms. The zero-order chi connectivity index (χ0) is 9.52. The third kappa shape index (κ3) is 4.40. The van der Waals surface area contributed by atoms with Crippen LogP contribution in [0.25, 0.3) is 0 Å². The van der Waals surface area contributed by atoms with Gasteiger partial charge in [0.2, 0.25) is 0 Å². The lowest BCUT2D eigenvalue weighted by atomic mass is 10.3. The molecule has 1 aromatic heterocycles. The number of hydrogen-bond donors (Lipinski definition) is 1. The van der Waals surface area contributed by atoms with Gasteiger partial charge >= 0.3 is 0 Å². The van der Waals surface area contributed by atoms with E-state index in [2.05, 4.69) is 29.0 Å². The monoisotopic (exact) mass is 215 g/mol. The van der Waals surface area contributed by atoms with Crippen molar-refractivity contribution in [3.8, 4) is 0 Å². The highest BCUT2D eigenvalue weighted by Crippen LogP contribution is 2.20. The number of rotatable bonds is 6. The zero-order valence-corrected chi connectivity index (χ0v) is 9.25. The average molecular weight is 215 g/mol. The molecule has 0 aliphatic carbocycles. The Hall–Kier alpha value is -0.390. The fourth-order valence-corrected chi connectivity index (χ4v) is 2.13. The summed E-state index contributed by atoms with van der Waals surface area (Å²) in [6, 6.07) is 0. The van der Waals surface area contributed by atoms with Crippen LogP contribution in [0.5, 0.6) is 0 Å². The number of nitrogens with one attached hydrogen (secondary N) is 1. The van der Waals surface area contributed by atoms with Crippen molar-refractivity contribution in [2.24, 2.45) is 0 Å². The highest BCUT2D eigenvalue weighted by Gasteiger charge is 1.99. The van der Waals surface area contributed by atoms with E-state index in [9.17, 15) is 0 Å². The van der Waals surface area contributed by atoms with E-state index in [1.54, 1.807) is 28.6 Å². The summed E-state index contributed by atoms with van der Waals surface area (Å²) in [7, 11) is 0. The molecule has 3 nitrogen and oxygen atoms in total. The molecule has 1 heterocycles. The summed E-state index contributed by atoms with van der Waals surface area (Å²) in [4.78, 5) is 0. The smallest absolute Gasteiger partial charge is 0.174 e. The number of likely N-dealkylation sites (N-methyl/N-ethyl adjacent to an activating group) is 1. The first-order valence-electron chi connectivity index (χ1n) is 4.09. The van der Waals surface area contributed by atoms with Gasteiger partial charge in [-0.3, -0.25) is 0 Å². The Balaban J connectivity index is 2.15. The van der Waals surface area contributed by atoms with Crippen molar-refractivity contribution in [1.29, 1.82) is 0 Å². The fraction of sp³-hybridized carbons (Fsp3) is 0.500. The average Bonchev–Trinajstić information content (AvgIpc) is 2.64. The van der Waals surface area contributed by atoms with Crippen LogP contribution >= 0.6 is 23.1 Å². The first kappa shape index (κ1) is 10.7. The topological polar surface area (TPSA) is 37.8 Å². The molecular formula is C8H13N3S2. The van der Waals surface area contributed by atoms with Crippen molar-refractivity contribution in [3.05, 3.63) is 17.7 Å². The molecule has 0 aromatic carbocycles. The number of nitrogens with zero attached hydrogens (tertiary/aromatic N) is 2. The molecule has 0 unspecified atom stereocenters. The zero-order valence-electron chi connectivity index (χ0n) is 7.62. The second-order valence-corrected chi connectivity index (χ2v) is 4.58. The predicted molar refractivity (Wildman–Crippen MR) is 58.3 cm³/mol. The lowest BCUT2D eigenvalue weighted by molar-refractivity contribution is 0.779. The summed E-state index contributed by atoms with van der Waals surface area (Å²) in [5.74, 6) is 0.919. The van der Waals surface area contributed by atoms with Crippen molar-refractivity contribution in [1.82, 2.24) is 15.5 Å². The molecule has 1 N–H and O–H groups in total. The van der Waals surface area contributed by atoms with Crippen LogP contribution < -0.4 is 5.32 Å². The summed E-state index contributed by atoms with van der Waals surface area (Å²) in [5, 5.41) is 10.9. The minimum absolute atomic E-state index is 0.891. The minimum atomic E-state index is 0.891. The van der Waals surface area contributed by atoms with Crippen molar-refractivity contribution >= 4 is 23.1 Å². The van der Waals surface area contributed by atoms with E-state index in [4.69, 9.17) is 0 Å². The molecule has 1 rings (SSSR count). The Morgan fingerprint density at radius 1 is 1.77 bits per heavy atom. The van der Waals surface area contributed by atoms with Crippen LogP contribution in [0.1, 0.15) is 6.92 Å². The van der Waals surface area contributed by atoms with Crippen LogP contribution in [0, 0.1) is 0 Å². The summed E-state index contributed by atoms with van der Waals surface area (Å²) in [6.07, 6.45) is 0. The van der Waals surface area contributed by atoms with Gasteiger partial charge in [-0.05, 0) is 6.54 Å². The highest BCUT2D eigenvalue weighted by atomic mass is 32.2. The number of aromatic nitrogens is 2. The van der Waals surface area contributed by atoms with E-state index >= 15 is 0 Å². The molecule has 0 aliphatic heterocycles. The molecular weight excluding hydrogens is 202 g/mol. The van der Waals surface area contributed by atoms with Crippen molar-refractivity contribution < 1.29 is 0 Å². The Kier molecular flexibility index (Phi) is 5.03. The Bertz CT molecular complexity index is 246. The van der Waals surface area contributed by atoms with Crippen molar-refractivity contribution in [3.63, 3.8) is 0 Å². The normalized spacial score (nSPS) is 10.2. The third-order valence-electron chi connectivity index (χ3n) is 1.36. The molecule has 0 spiro atoms. The second kappa shape index (κ2) is 6.12. The van der Waals surface area contributed by atoms with E-state index in [0.717, 1.165) is 23.2 Å². The summed E-state index contributed by atoms with van der Waals surface area (Å²) in [5.41, 5.74) is 2.94. The van der Waals surface area contributed by atoms with Gasteiger partial charge in [-0.2, -0.15) is 0 Å². The van der Waals surface area contributed by atoms with Gasteiger partial charge in [0.05, 0.1) is 0 Å². The molecule has 0 atom stereocenters. The quantitative estimate of drug-likeness (QED) is 0.580. The van der Waals surface area contributed by atoms with E-state index in [1.165, 1.54) is 5.57 Å². The van der Waals surface area contributed by atoms with Crippen molar-refractivity contribution in [2.75, 3.05) is 18.8 Å². The van der Waals surface area contributed by atoms with E-state index in [-0.39, 0.29) is 0 Å². The van der Waals surface area contributed by atoms with Gasteiger partial charge in [-0.25, -0.2) is 0 Å². The SMILES string of the molecule is C=C(CNCC)CSc1nncs1. The van der Waals surface area contributed by atoms with Gasteiger partial charge in [-0.15, -0.1) is 10.2 Å². The van der Waals surface area contributed by atoms with E-state index in [0.29, 0.717) is 0 Å². The van der Waals surface area contributed by atoms with Gasteiger partial charge < -0.3 is 5.32 Å². The first-order valence-corrected chi connectivity index (χ1v) is 5.95. The van der Waals surface area contributed by atoms with Crippen LogP contribution in [-0.4, -0.2) is 29.0 Å². The minimum Gasteiger partial charge on any atom is -0.313 e. The Morgan fingerprint density at radius 3 is 3.23 bits per heavy atom. The lowest BCUT2D eigenvalue weighted by Crippen LogP contribution is -2.16. The molecule has 0 fully saturated rings. The predicted octanol–water partition coefficient (Wildman–Crippen LogP) is 1.80. The Morgan fingerprint density at radius 2 is 2.62 bits per heavy atom. The summed E-state index contributed by atoms with van der Waals surface area (Å²) >= 11 is 3.26. The summed E-state index contributed by atoms with van der Waals surface area (Å²) in [6.45, 7) is 7.93. The maximum Gasteiger partial charge on any atom is 0.174 e. The highest BCUT2D eigenvalue weighted by molar-refractivity contribution is 8.01. The van der Waals surface area contributed by atoms with Gasteiger partial charge in [0.25, 0.3) is 0 Å². The second-order valence-electron chi connectivity index (χ2n) is 2.52. The molecule has 13 heavy (non-hydrogen) atoms.